The SMILES string of the molecule is Brc1ccccc1Nc1cccc2c1Oc1cccc(Nc3ccccc3Br)c1O2. The maximum absolute atomic E-state index is 6.27. The monoisotopic (exact) mass is 522 g/mol. The molecule has 1 aliphatic heterocycles. The van der Waals surface area contributed by atoms with Crippen molar-refractivity contribution >= 4 is 54.6 Å². The summed E-state index contributed by atoms with van der Waals surface area (Å²) in [5.74, 6) is 2.61. The summed E-state index contributed by atoms with van der Waals surface area (Å²) < 4.78 is 14.5. The van der Waals surface area contributed by atoms with Crippen molar-refractivity contribution in [3.63, 3.8) is 0 Å². The minimum atomic E-state index is 0.652. The average molecular weight is 524 g/mol. The Morgan fingerprint density at radius 1 is 0.467 bits per heavy atom. The zero-order valence-corrected chi connectivity index (χ0v) is 18.8. The van der Waals surface area contributed by atoms with Gasteiger partial charge in [-0.2, -0.15) is 0 Å². The van der Waals surface area contributed by atoms with Crippen LogP contribution in [0.25, 0.3) is 0 Å². The second kappa shape index (κ2) is 8.05. The highest BCUT2D eigenvalue weighted by Crippen LogP contribution is 2.52. The van der Waals surface area contributed by atoms with Gasteiger partial charge in [-0.15, -0.1) is 0 Å². The molecular weight excluding hydrogens is 508 g/mol. The largest absolute Gasteiger partial charge is 0.447 e. The molecule has 5 rings (SSSR count). The van der Waals surface area contributed by atoms with Crippen LogP contribution in [0.1, 0.15) is 0 Å². The van der Waals surface area contributed by atoms with Crippen molar-refractivity contribution in [1.82, 2.24) is 0 Å². The first kappa shape index (κ1) is 19.0. The molecule has 0 unspecified atom stereocenters. The average Bonchev–Trinajstić information content (AvgIpc) is 2.76. The van der Waals surface area contributed by atoms with Crippen molar-refractivity contribution in [2.45, 2.75) is 0 Å². The quantitative estimate of drug-likeness (QED) is 0.247. The predicted octanol–water partition coefficient (Wildman–Crippen LogP) is 8.60. The van der Waals surface area contributed by atoms with Crippen LogP contribution in [0.3, 0.4) is 0 Å². The molecular formula is C24H16Br2N2O2. The van der Waals surface area contributed by atoms with Gasteiger partial charge in [0.1, 0.15) is 0 Å². The summed E-state index contributed by atoms with van der Waals surface area (Å²) in [5, 5.41) is 6.84. The Kier molecular flexibility index (Phi) is 5.11. The highest BCUT2D eigenvalue weighted by Gasteiger charge is 2.24. The highest BCUT2D eigenvalue weighted by atomic mass is 79.9. The molecule has 0 atom stereocenters. The van der Waals surface area contributed by atoms with Crippen molar-refractivity contribution in [3.05, 3.63) is 93.9 Å². The predicted molar refractivity (Wildman–Crippen MR) is 128 cm³/mol. The van der Waals surface area contributed by atoms with Gasteiger partial charge in [0.05, 0.1) is 22.7 Å². The molecule has 0 bridgehead atoms. The second-order valence-electron chi connectivity index (χ2n) is 6.68. The summed E-state index contributed by atoms with van der Waals surface area (Å²) in [4.78, 5) is 0. The molecule has 0 aliphatic carbocycles. The normalized spacial score (nSPS) is 11.5. The standard InChI is InChI=1S/C24H16Br2N2O2/c25-15-7-1-3-9-17(15)27-19-11-5-13-21-23(19)29-22-14-6-12-20(24(22)30-21)28-18-10-4-2-8-16(18)26/h1-14,27-28H. The van der Waals surface area contributed by atoms with E-state index in [1.165, 1.54) is 0 Å². The molecule has 30 heavy (non-hydrogen) atoms. The number of nitrogens with one attached hydrogen (secondary N) is 2. The third-order valence-corrected chi connectivity index (χ3v) is 6.05. The van der Waals surface area contributed by atoms with Crippen molar-refractivity contribution in [2.24, 2.45) is 0 Å². The zero-order chi connectivity index (χ0) is 20.5. The van der Waals surface area contributed by atoms with Gasteiger partial charge in [-0.3, -0.25) is 0 Å². The van der Waals surface area contributed by atoms with E-state index in [0.29, 0.717) is 23.0 Å². The Labute approximate surface area is 191 Å². The van der Waals surface area contributed by atoms with Crippen LogP contribution in [0.5, 0.6) is 23.0 Å². The molecule has 4 aromatic rings. The van der Waals surface area contributed by atoms with Gasteiger partial charge in [-0.05, 0) is 80.4 Å². The molecule has 1 heterocycles. The molecule has 0 amide bonds. The van der Waals surface area contributed by atoms with Crippen LogP contribution >= 0.6 is 31.9 Å². The lowest BCUT2D eigenvalue weighted by Crippen LogP contribution is -2.04. The summed E-state index contributed by atoms with van der Waals surface area (Å²) in [7, 11) is 0. The Bertz CT molecular complexity index is 1150. The number of ether oxygens (including phenoxy) is 2. The van der Waals surface area contributed by atoms with Crippen molar-refractivity contribution in [2.75, 3.05) is 10.6 Å². The zero-order valence-electron chi connectivity index (χ0n) is 15.7. The Morgan fingerprint density at radius 2 is 0.867 bits per heavy atom. The number of fused-ring (bicyclic) bond motifs is 2. The lowest BCUT2D eigenvalue weighted by Gasteiger charge is -2.25. The Balaban J connectivity index is 1.49. The van der Waals surface area contributed by atoms with Crippen LogP contribution in [-0.4, -0.2) is 0 Å². The van der Waals surface area contributed by atoms with Crippen molar-refractivity contribution in [3.8, 4) is 23.0 Å². The van der Waals surface area contributed by atoms with Crippen molar-refractivity contribution in [1.29, 1.82) is 0 Å². The first-order chi connectivity index (χ1) is 14.7. The van der Waals surface area contributed by atoms with E-state index in [9.17, 15) is 0 Å². The number of rotatable bonds is 4. The molecule has 4 aromatic carbocycles. The number of hydrogen-bond acceptors (Lipinski definition) is 4. The number of para-hydroxylation sites is 4. The van der Waals surface area contributed by atoms with E-state index >= 15 is 0 Å². The van der Waals surface area contributed by atoms with Gasteiger partial charge in [0.25, 0.3) is 0 Å². The lowest BCUT2D eigenvalue weighted by molar-refractivity contribution is 0.362. The van der Waals surface area contributed by atoms with E-state index in [0.717, 1.165) is 31.7 Å². The fourth-order valence-electron chi connectivity index (χ4n) is 3.24. The topological polar surface area (TPSA) is 42.5 Å². The minimum absolute atomic E-state index is 0.652. The molecule has 4 nitrogen and oxygen atoms in total. The molecule has 0 radical (unpaired) electrons. The van der Waals surface area contributed by atoms with Crippen LogP contribution in [0.4, 0.5) is 22.7 Å². The fourth-order valence-corrected chi connectivity index (χ4v) is 4.00. The summed E-state index contributed by atoms with van der Waals surface area (Å²) in [6, 6.07) is 27.5. The highest BCUT2D eigenvalue weighted by molar-refractivity contribution is 9.11. The maximum atomic E-state index is 6.27. The first-order valence-electron chi connectivity index (χ1n) is 9.34. The van der Waals surface area contributed by atoms with Gasteiger partial charge in [0, 0.05) is 8.95 Å². The summed E-state index contributed by atoms with van der Waals surface area (Å²) in [6.45, 7) is 0. The van der Waals surface area contributed by atoms with Gasteiger partial charge in [0.2, 0.25) is 0 Å². The van der Waals surface area contributed by atoms with Gasteiger partial charge >= 0.3 is 0 Å². The van der Waals surface area contributed by atoms with Crippen LogP contribution in [-0.2, 0) is 0 Å². The maximum Gasteiger partial charge on any atom is 0.193 e. The van der Waals surface area contributed by atoms with Crippen molar-refractivity contribution < 1.29 is 9.47 Å². The van der Waals surface area contributed by atoms with E-state index in [4.69, 9.17) is 9.47 Å². The van der Waals surface area contributed by atoms with Crippen LogP contribution in [0.15, 0.2) is 93.9 Å². The van der Waals surface area contributed by atoms with Gasteiger partial charge in [-0.1, -0.05) is 36.4 Å². The van der Waals surface area contributed by atoms with E-state index in [2.05, 4.69) is 42.5 Å². The molecule has 0 saturated heterocycles. The molecule has 1 aliphatic rings. The smallest absolute Gasteiger partial charge is 0.193 e. The lowest BCUT2D eigenvalue weighted by atomic mass is 10.2. The number of hydrogen-bond donors (Lipinski definition) is 2. The summed E-state index contributed by atoms with van der Waals surface area (Å²) >= 11 is 7.15. The molecule has 2 N–H and O–H groups in total. The van der Waals surface area contributed by atoms with Crippen LogP contribution < -0.4 is 20.1 Å². The molecule has 0 fully saturated rings. The molecule has 6 heteroatoms. The number of anilines is 4. The van der Waals surface area contributed by atoms with Gasteiger partial charge < -0.3 is 20.1 Å². The molecule has 148 valence electrons. The van der Waals surface area contributed by atoms with Crippen LogP contribution in [0.2, 0.25) is 0 Å². The number of halogens is 2. The molecule has 0 saturated carbocycles. The van der Waals surface area contributed by atoms with E-state index in [1.54, 1.807) is 0 Å². The first-order valence-corrected chi connectivity index (χ1v) is 10.9. The summed E-state index contributed by atoms with van der Waals surface area (Å²) in [5.41, 5.74) is 3.55. The van der Waals surface area contributed by atoms with E-state index in [1.807, 2.05) is 84.9 Å². The minimum Gasteiger partial charge on any atom is -0.447 e. The second-order valence-corrected chi connectivity index (χ2v) is 8.39. The Hall–Kier alpha value is -2.96. The fraction of sp³-hybridized carbons (Fsp3) is 0. The van der Waals surface area contributed by atoms with E-state index < -0.39 is 0 Å². The van der Waals surface area contributed by atoms with Gasteiger partial charge in [0.15, 0.2) is 23.0 Å². The van der Waals surface area contributed by atoms with Crippen LogP contribution in [0, 0.1) is 0 Å². The van der Waals surface area contributed by atoms with E-state index in [-0.39, 0.29) is 0 Å². The third-order valence-electron chi connectivity index (χ3n) is 4.67. The number of benzene rings is 4. The van der Waals surface area contributed by atoms with Gasteiger partial charge in [-0.25, -0.2) is 0 Å². The molecule has 0 aromatic heterocycles. The molecule has 0 spiro atoms. The third kappa shape index (κ3) is 3.64. The Morgan fingerprint density at radius 3 is 1.30 bits per heavy atom. The summed E-state index contributed by atoms with van der Waals surface area (Å²) in [6.07, 6.45) is 0.